The lowest BCUT2D eigenvalue weighted by Crippen LogP contribution is -1.99. The van der Waals surface area contributed by atoms with Gasteiger partial charge in [-0.2, -0.15) is 0 Å². The van der Waals surface area contributed by atoms with Crippen LogP contribution in [0.25, 0.3) is 16.7 Å². The SMILES string of the molecule is COc1cc2c(cc1F)[nH]c(=S)n2-c1cccc(F)c1C. The summed E-state index contributed by atoms with van der Waals surface area (Å²) < 4.78 is 34.6. The Hall–Kier alpha value is -2.21. The molecule has 21 heavy (non-hydrogen) atoms. The highest BCUT2D eigenvalue weighted by Gasteiger charge is 2.14. The van der Waals surface area contributed by atoms with Crippen molar-refractivity contribution in [1.82, 2.24) is 9.55 Å². The zero-order valence-corrected chi connectivity index (χ0v) is 12.2. The molecule has 0 bridgehead atoms. The Balaban J connectivity index is 2.39. The van der Waals surface area contributed by atoms with Crippen molar-refractivity contribution in [2.75, 3.05) is 7.11 Å². The summed E-state index contributed by atoms with van der Waals surface area (Å²) in [5.74, 6) is -0.693. The van der Waals surface area contributed by atoms with Gasteiger partial charge < -0.3 is 9.72 Å². The number of fused-ring (bicyclic) bond motifs is 1. The Kier molecular flexibility index (Phi) is 3.25. The van der Waals surface area contributed by atoms with Crippen molar-refractivity contribution < 1.29 is 13.5 Å². The molecule has 1 aromatic heterocycles. The predicted octanol–water partition coefficient (Wildman–Crippen LogP) is 4.28. The van der Waals surface area contributed by atoms with E-state index in [4.69, 9.17) is 17.0 Å². The predicted molar refractivity (Wildman–Crippen MR) is 79.7 cm³/mol. The molecule has 0 saturated carbocycles. The summed E-state index contributed by atoms with van der Waals surface area (Å²) in [7, 11) is 1.39. The van der Waals surface area contributed by atoms with E-state index in [1.54, 1.807) is 29.7 Å². The highest BCUT2D eigenvalue weighted by Crippen LogP contribution is 2.28. The molecule has 1 N–H and O–H groups in total. The van der Waals surface area contributed by atoms with E-state index in [0.29, 0.717) is 27.1 Å². The fourth-order valence-corrected chi connectivity index (χ4v) is 2.65. The first-order valence-corrected chi connectivity index (χ1v) is 6.67. The van der Waals surface area contributed by atoms with Gasteiger partial charge in [0.25, 0.3) is 0 Å². The molecule has 108 valence electrons. The molecule has 0 radical (unpaired) electrons. The molecule has 2 aromatic carbocycles. The first-order valence-electron chi connectivity index (χ1n) is 6.26. The maximum Gasteiger partial charge on any atom is 0.182 e. The molecule has 3 nitrogen and oxygen atoms in total. The number of methoxy groups -OCH3 is 1. The monoisotopic (exact) mass is 306 g/mol. The quantitative estimate of drug-likeness (QED) is 0.716. The molecule has 0 saturated heterocycles. The van der Waals surface area contributed by atoms with E-state index in [2.05, 4.69) is 4.98 Å². The minimum atomic E-state index is -0.482. The van der Waals surface area contributed by atoms with Crippen LogP contribution >= 0.6 is 12.2 Å². The normalized spacial score (nSPS) is 11.0. The molecule has 0 aliphatic heterocycles. The molecule has 0 fully saturated rings. The summed E-state index contributed by atoms with van der Waals surface area (Å²) in [6.07, 6.45) is 0. The van der Waals surface area contributed by atoms with Crippen LogP contribution in [0, 0.1) is 23.3 Å². The number of aromatic amines is 1. The number of H-pyrrole nitrogens is 1. The fourth-order valence-electron chi connectivity index (χ4n) is 2.34. The number of benzene rings is 2. The molecule has 0 spiro atoms. The van der Waals surface area contributed by atoms with Crippen LogP contribution in [0.4, 0.5) is 8.78 Å². The van der Waals surface area contributed by atoms with Gasteiger partial charge in [-0.25, -0.2) is 8.78 Å². The lowest BCUT2D eigenvalue weighted by molar-refractivity contribution is 0.387. The smallest absolute Gasteiger partial charge is 0.182 e. The van der Waals surface area contributed by atoms with E-state index in [1.165, 1.54) is 19.2 Å². The van der Waals surface area contributed by atoms with Crippen molar-refractivity contribution in [3.63, 3.8) is 0 Å². The zero-order valence-electron chi connectivity index (χ0n) is 11.4. The van der Waals surface area contributed by atoms with E-state index in [0.717, 1.165) is 0 Å². The van der Waals surface area contributed by atoms with Crippen LogP contribution < -0.4 is 4.74 Å². The van der Waals surface area contributed by atoms with Gasteiger partial charge in [0.1, 0.15) is 5.82 Å². The van der Waals surface area contributed by atoms with Crippen molar-refractivity contribution in [3.8, 4) is 11.4 Å². The molecule has 3 aromatic rings. The molecule has 1 heterocycles. The van der Waals surface area contributed by atoms with Crippen LogP contribution in [0.3, 0.4) is 0 Å². The highest BCUT2D eigenvalue weighted by molar-refractivity contribution is 7.71. The van der Waals surface area contributed by atoms with Crippen LogP contribution in [0.5, 0.6) is 5.75 Å². The molecule has 3 rings (SSSR count). The highest BCUT2D eigenvalue weighted by atomic mass is 32.1. The Labute approximate surface area is 124 Å². The number of hydrogen-bond donors (Lipinski definition) is 1. The number of imidazole rings is 1. The first kappa shape index (κ1) is 13.8. The molecular weight excluding hydrogens is 294 g/mol. The second kappa shape index (κ2) is 4.96. The lowest BCUT2D eigenvalue weighted by Gasteiger charge is -2.10. The van der Waals surface area contributed by atoms with Crippen molar-refractivity contribution in [3.05, 3.63) is 52.3 Å². The number of rotatable bonds is 2. The minimum Gasteiger partial charge on any atom is -0.494 e. The minimum absolute atomic E-state index is 0.110. The number of aromatic nitrogens is 2. The van der Waals surface area contributed by atoms with Gasteiger partial charge in [0, 0.05) is 17.7 Å². The van der Waals surface area contributed by atoms with E-state index in [1.807, 2.05) is 0 Å². The summed E-state index contributed by atoms with van der Waals surface area (Å²) in [5.41, 5.74) is 2.24. The van der Waals surface area contributed by atoms with E-state index < -0.39 is 5.82 Å². The van der Waals surface area contributed by atoms with Gasteiger partial charge in [-0.3, -0.25) is 4.57 Å². The van der Waals surface area contributed by atoms with Crippen LogP contribution in [0.1, 0.15) is 5.56 Å². The average Bonchev–Trinajstić information content (AvgIpc) is 2.76. The number of nitrogens with zero attached hydrogens (tertiary/aromatic N) is 1. The fraction of sp³-hybridized carbons (Fsp3) is 0.133. The molecule has 6 heteroatoms. The molecule has 0 aliphatic rings. The maximum atomic E-state index is 13.8. The van der Waals surface area contributed by atoms with Gasteiger partial charge in [0.2, 0.25) is 0 Å². The molecule has 0 atom stereocenters. The molecular formula is C15H12F2N2OS. The van der Waals surface area contributed by atoms with E-state index >= 15 is 0 Å². The summed E-state index contributed by atoms with van der Waals surface area (Å²) in [6.45, 7) is 1.67. The van der Waals surface area contributed by atoms with E-state index in [9.17, 15) is 8.78 Å². The number of halogens is 2. The molecule has 0 amide bonds. The molecule has 0 unspecified atom stereocenters. The van der Waals surface area contributed by atoms with Gasteiger partial charge in [-0.05, 0) is 31.3 Å². The van der Waals surface area contributed by atoms with Crippen molar-refractivity contribution in [2.45, 2.75) is 6.92 Å². The first-order chi connectivity index (χ1) is 10.0. The second-order valence-corrected chi connectivity index (χ2v) is 5.04. The molecule has 0 aliphatic carbocycles. The summed E-state index contributed by atoms with van der Waals surface area (Å²) >= 11 is 5.28. The van der Waals surface area contributed by atoms with E-state index in [-0.39, 0.29) is 11.6 Å². The summed E-state index contributed by atoms with van der Waals surface area (Å²) in [6, 6.07) is 7.62. The van der Waals surface area contributed by atoms with Crippen LogP contribution in [-0.2, 0) is 0 Å². The Bertz CT molecular complexity index is 899. The topological polar surface area (TPSA) is 29.9 Å². The summed E-state index contributed by atoms with van der Waals surface area (Å²) in [4.78, 5) is 2.92. The van der Waals surface area contributed by atoms with Crippen molar-refractivity contribution in [1.29, 1.82) is 0 Å². The largest absolute Gasteiger partial charge is 0.494 e. The third-order valence-corrected chi connectivity index (χ3v) is 3.72. The third kappa shape index (κ3) is 2.12. The second-order valence-electron chi connectivity index (χ2n) is 4.65. The van der Waals surface area contributed by atoms with Crippen LogP contribution in [0.2, 0.25) is 0 Å². The number of hydrogen-bond acceptors (Lipinski definition) is 2. The van der Waals surface area contributed by atoms with Crippen LogP contribution in [0.15, 0.2) is 30.3 Å². The van der Waals surface area contributed by atoms with Gasteiger partial charge in [-0.1, -0.05) is 6.07 Å². The van der Waals surface area contributed by atoms with Crippen molar-refractivity contribution >= 4 is 23.3 Å². The summed E-state index contributed by atoms with van der Waals surface area (Å²) in [5, 5.41) is 0. The standard InChI is InChI=1S/C15H12F2N2OS/c1-8-9(16)4-3-5-12(8)19-13-7-14(20-2)10(17)6-11(13)18-15(19)21/h3-7H,1-2H3,(H,18,21). The average molecular weight is 306 g/mol. The number of ether oxygens (including phenoxy) is 1. The maximum absolute atomic E-state index is 13.8. The Morgan fingerprint density at radius 2 is 1.95 bits per heavy atom. The van der Waals surface area contributed by atoms with Gasteiger partial charge in [0.05, 0.1) is 23.8 Å². The van der Waals surface area contributed by atoms with Gasteiger partial charge >= 0.3 is 0 Å². The third-order valence-electron chi connectivity index (χ3n) is 3.44. The number of nitrogens with one attached hydrogen (secondary N) is 1. The lowest BCUT2D eigenvalue weighted by atomic mass is 10.2. The zero-order chi connectivity index (χ0) is 15.1. The van der Waals surface area contributed by atoms with Gasteiger partial charge in [0.15, 0.2) is 16.3 Å². The Morgan fingerprint density at radius 3 is 2.67 bits per heavy atom. The van der Waals surface area contributed by atoms with Gasteiger partial charge in [-0.15, -0.1) is 0 Å². The van der Waals surface area contributed by atoms with Crippen molar-refractivity contribution in [2.24, 2.45) is 0 Å². The Morgan fingerprint density at radius 1 is 1.19 bits per heavy atom. The van der Waals surface area contributed by atoms with Crippen LogP contribution in [-0.4, -0.2) is 16.7 Å².